The van der Waals surface area contributed by atoms with E-state index in [0.717, 1.165) is 17.2 Å². The van der Waals surface area contributed by atoms with Crippen molar-refractivity contribution in [2.45, 2.75) is 13.0 Å². The summed E-state index contributed by atoms with van der Waals surface area (Å²) in [6.07, 6.45) is 2.89. The predicted molar refractivity (Wildman–Crippen MR) is 89.9 cm³/mol. The van der Waals surface area contributed by atoms with Crippen molar-refractivity contribution in [3.63, 3.8) is 0 Å². The van der Waals surface area contributed by atoms with Crippen molar-refractivity contribution in [2.75, 3.05) is 38.7 Å². The maximum absolute atomic E-state index is 12.6. The van der Waals surface area contributed by atoms with Crippen molar-refractivity contribution in [3.8, 4) is 0 Å². The van der Waals surface area contributed by atoms with Crippen molar-refractivity contribution in [1.82, 2.24) is 19.9 Å². The second-order valence-electron chi connectivity index (χ2n) is 5.97. The van der Waals surface area contributed by atoms with Crippen molar-refractivity contribution in [3.05, 3.63) is 47.7 Å². The number of anilines is 1. The van der Waals surface area contributed by atoms with Gasteiger partial charge in [-0.1, -0.05) is 6.07 Å². The molecule has 126 valence electrons. The first-order chi connectivity index (χ1) is 11.5. The fraction of sp³-hybridized carbons (Fsp3) is 0.412. The number of ether oxygens (including phenoxy) is 1. The van der Waals surface area contributed by atoms with Crippen LogP contribution in [0.1, 0.15) is 28.0 Å². The van der Waals surface area contributed by atoms with E-state index in [9.17, 15) is 4.79 Å². The van der Waals surface area contributed by atoms with Crippen LogP contribution in [0.2, 0.25) is 0 Å². The molecule has 0 aromatic carbocycles. The quantitative estimate of drug-likeness (QED) is 0.850. The van der Waals surface area contributed by atoms with E-state index < -0.39 is 0 Å². The van der Waals surface area contributed by atoms with E-state index >= 15 is 0 Å². The number of aryl methyl sites for hydroxylation is 1. The van der Waals surface area contributed by atoms with Gasteiger partial charge in [0, 0.05) is 26.8 Å². The molecule has 1 atom stereocenters. The summed E-state index contributed by atoms with van der Waals surface area (Å²) in [5.74, 6) is 0.739. The fourth-order valence-electron chi connectivity index (χ4n) is 2.55. The van der Waals surface area contributed by atoms with E-state index in [4.69, 9.17) is 4.74 Å². The number of carbonyl (C=O) groups is 1. The van der Waals surface area contributed by atoms with Crippen LogP contribution in [0.3, 0.4) is 0 Å². The molecule has 7 heteroatoms. The van der Waals surface area contributed by atoms with E-state index in [2.05, 4.69) is 15.0 Å². The normalized spacial score (nSPS) is 17.6. The average Bonchev–Trinajstić information content (AvgIpc) is 2.62. The van der Waals surface area contributed by atoms with Gasteiger partial charge in [-0.05, 0) is 19.1 Å². The molecule has 0 bridgehead atoms. The van der Waals surface area contributed by atoms with Gasteiger partial charge in [0.15, 0.2) is 0 Å². The summed E-state index contributed by atoms with van der Waals surface area (Å²) < 4.78 is 5.82. The van der Waals surface area contributed by atoms with Crippen LogP contribution in [-0.2, 0) is 4.74 Å². The maximum Gasteiger partial charge on any atom is 0.274 e. The second kappa shape index (κ2) is 6.92. The summed E-state index contributed by atoms with van der Waals surface area (Å²) in [6, 6.07) is 5.82. The smallest absolute Gasteiger partial charge is 0.274 e. The molecule has 1 unspecified atom stereocenters. The second-order valence-corrected chi connectivity index (χ2v) is 5.97. The van der Waals surface area contributed by atoms with E-state index in [-0.39, 0.29) is 12.0 Å². The highest BCUT2D eigenvalue weighted by Gasteiger charge is 2.27. The molecular formula is C17H21N5O2. The van der Waals surface area contributed by atoms with E-state index in [1.165, 1.54) is 6.20 Å². The zero-order valence-corrected chi connectivity index (χ0v) is 14.1. The number of pyridine rings is 1. The lowest BCUT2D eigenvalue weighted by molar-refractivity contribution is -0.0248. The molecule has 3 rings (SSSR count). The van der Waals surface area contributed by atoms with Crippen molar-refractivity contribution >= 4 is 11.7 Å². The Labute approximate surface area is 141 Å². The number of nitrogens with zero attached hydrogens (tertiary/aromatic N) is 5. The van der Waals surface area contributed by atoms with Gasteiger partial charge < -0.3 is 14.5 Å². The van der Waals surface area contributed by atoms with Crippen LogP contribution in [-0.4, -0.2) is 59.6 Å². The largest absolute Gasteiger partial charge is 0.368 e. The van der Waals surface area contributed by atoms with Crippen LogP contribution in [0.5, 0.6) is 0 Å². The third-order valence-corrected chi connectivity index (χ3v) is 3.90. The first-order valence-electron chi connectivity index (χ1n) is 7.88. The number of morpholine rings is 1. The third-order valence-electron chi connectivity index (χ3n) is 3.90. The Balaban J connectivity index is 1.75. The first-order valence-corrected chi connectivity index (χ1v) is 7.88. The van der Waals surface area contributed by atoms with Gasteiger partial charge in [0.2, 0.25) is 0 Å². The monoisotopic (exact) mass is 327 g/mol. The molecule has 1 aliphatic heterocycles. The number of carbonyl (C=O) groups excluding carboxylic acids is 1. The summed E-state index contributed by atoms with van der Waals surface area (Å²) in [4.78, 5) is 29.2. The lowest BCUT2D eigenvalue weighted by Crippen LogP contribution is -2.42. The summed E-state index contributed by atoms with van der Waals surface area (Å²) in [5, 5.41) is 0. The Hall–Kier alpha value is -2.54. The van der Waals surface area contributed by atoms with E-state index in [1.807, 2.05) is 44.1 Å². The Bertz CT molecular complexity index is 717. The SMILES string of the molecule is Cc1cnc(C(=O)N2CCOC(c3cccc(N(C)C)n3)C2)cn1. The molecule has 24 heavy (non-hydrogen) atoms. The highest BCUT2D eigenvalue weighted by Crippen LogP contribution is 2.23. The first kappa shape index (κ1) is 16.3. The maximum atomic E-state index is 12.6. The lowest BCUT2D eigenvalue weighted by Gasteiger charge is -2.32. The van der Waals surface area contributed by atoms with Gasteiger partial charge in [0.25, 0.3) is 5.91 Å². The van der Waals surface area contributed by atoms with Crippen molar-refractivity contribution in [1.29, 1.82) is 0 Å². The van der Waals surface area contributed by atoms with Crippen LogP contribution in [0.15, 0.2) is 30.6 Å². The Morgan fingerprint density at radius 1 is 1.29 bits per heavy atom. The molecule has 0 radical (unpaired) electrons. The molecule has 2 aromatic heterocycles. The number of amides is 1. The highest BCUT2D eigenvalue weighted by atomic mass is 16.5. The van der Waals surface area contributed by atoms with Gasteiger partial charge in [-0.25, -0.2) is 9.97 Å². The van der Waals surface area contributed by atoms with Gasteiger partial charge in [-0.3, -0.25) is 9.78 Å². The van der Waals surface area contributed by atoms with Crippen LogP contribution < -0.4 is 4.90 Å². The zero-order chi connectivity index (χ0) is 17.1. The van der Waals surface area contributed by atoms with Gasteiger partial charge in [-0.2, -0.15) is 0 Å². The summed E-state index contributed by atoms with van der Waals surface area (Å²) in [5.41, 5.74) is 1.97. The third kappa shape index (κ3) is 3.51. The minimum absolute atomic E-state index is 0.125. The summed E-state index contributed by atoms with van der Waals surface area (Å²) in [6.45, 7) is 3.32. The van der Waals surface area contributed by atoms with Gasteiger partial charge in [0.05, 0.1) is 30.7 Å². The molecule has 1 aliphatic rings. The van der Waals surface area contributed by atoms with Crippen molar-refractivity contribution in [2.24, 2.45) is 0 Å². The van der Waals surface area contributed by atoms with Crippen LogP contribution >= 0.6 is 0 Å². The predicted octanol–water partition coefficient (Wildman–Crippen LogP) is 1.46. The number of aromatic nitrogens is 3. The van der Waals surface area contributed by atoms with Crippen LogP contribution in [0.4, 0.5) is 5.82 Å². The lowest BCUT2D eigenvalue weighted by atomic mass is 10.1. The highest BCUT2D eigenvalue weighted by molar-refractivity contribution is 5.92. The minimum atomic E-state index is -0.235. The van der Waals surface area contributed by atoms with Gasteiger partial charge >= 0.3 is 0 Å². The van der Waals surface area contributed by atoms with Crippen LogP contribution in [0, 0.1) is 6.92 Å². The standard InChI is InChI=1S/C17H21N5O2/c1-12-9-19-14(10-18-12)17(23)22-7-8-24-15(11-22)13-5-4-6-16(20-13)21(2)3/h4-6,9-10,15H,7-8,11H2,1-3H3. The molecule has 1 amide bonds. The topological polar surface area (TPSA) is 71.5 Å². The molecule has 1 saturated heterocycles. The molecule has 0 N–H and O–H groups in total. The van der Waals surface area contributed by atoms with Crippen LogP contribution in [0.25, 0.3) is 0 Å². The molecule has 7 nitrogen and oxygen atoms in total. The van der Waals surface area contributed by atoms with Gasteiger partial charge in [0.1, 0.15) is 17.6 Å². The number of rotatable bonds is 3. The van der Waals surface area contributed by atoms with E-state index in [1.54, 1.807) is 11.1 Å². The molecule has 0 spiro atoms. The Kier molecular flexibility index (Phi) is 4.71. The molecule has 1 fully saturated rings. The van der Waals surface area contributed by atoms with Crippen molar-refractivity contribution < 1.29 is 9.53 Å². The fourth-order valence-corrected chi connectivity index (χ4v) is 2.55. The molecule has 2 aromatic rings. The summed E-state index contributed by atoms with van der Waals surface area (Å²) >= 11 is 0. The minimum Gasteiger partial charge on any atom is -0.368 e. The molecule has 0 aliphatic carbocycles. The van der Waals surface area contributed by atoms with Gasteiger partial charge in [-0.15, -0.1) is 0 Å². The Morgan fingerprint density at radius 2 is 2.12 bits per heavy atom. The molecule has 3 heterocycles. The average molecular weight is 327 g/mol. The molecular weight excluding hydrogens is 306 g/mol. The molecule has 0 saturated carbocycles. The Morgan fingerprint density at radius 3 is 2.83 bits per heavy atom. The zero-order valence-electron chi connectivity index (χ0n) is 14.1. The summed E-state index contributed by atoms with van der Waals surface area (Å²) in [7, 11) is 3.89. The number of hydrogen-bond donors (Lipinski definition) is 0. The van der Waals surface area contributed by atoms with E-state index in [0.29, 0.717) is 25.4 Å². The number of hydrogen-bond acceptors (Lipinski definition) is 6.